The number of aliphatic hydroxyl groups is 1. The van der Waals surface area contributed by atoms with E-state index in [1.807, 2.05) is 54.9 Å². The lowest BCUT2D eigenvalue weighted by Crippen LogP contribution is -2.16. The summed E-state index contributed by atoms with van der Waals surface area (Å²) in [4.78, 5) is 11.8. The van der Waals surface area contributed by atoms with Crippen LogP contribution in [0.25, 0.3) is 22.0 Å². The first-order valence-electron chi connectivity index (χ1n) is 7.57. The van der Waals surface area contributed by atoms with Gasteiger partial charge in [0.05, 0.1) is 12.1 Å². The van der Waals surface area contributed by atoms with Crippen molar-refractivity contribution in [1.82, 2.24) is 4.57 Å². The lowest BCUT2D eigenvalue weighted by atomic mass is 9.98. The third kappa shape index (κ3) is 2.36. The number of aromatic nitrogens is 1. The highest BCUT2D eigenvalue weighted by Crippen LogP contribution is 2.34. The Balaban J connectivity index is 2.39. The van der Waals surface area contributed by atoms with Crippen LogP contribution in [0.15, 0.2) is 36.4 Å². The van der Waals surface area contributed by atoms with Crippen molar-refractivity contribution in [3.63, 3.8) is 0 Å². The van der Waals surface area contributed by atoms with E-state index in [1.165, 1.54) is 0 Å². The van der Waals surface area contributed by atoms with Gasteiger partial charge in [-0.25, -0.2) is 0 Å². The molecule has 0 fully saturated rings. The summed E-state index contributed by atoms with van der Waals surface area (Å²) >= 11 is 0. The van der Waals surface area contributed by atoms with Crippen LogP contribution in [0.4, 0.5) is 0 Å². The molecule has 0 radical (unpaired) electrons. The smallest absolute Gasteiger partial charge is 0.265 e. The highest BCUT2D eigenvalue weighted by Gasteiger charge is 2.19. The topological polar surface area (TPSA) is 68.2 Å². The van der Waals surface area contributed by atoms with Crippen molar-refractivity contribution < 1.29 is 9.90 Å². The molecule has 0 atom stereocenters. The molecular formula is C20H18N2O2. The van der Waals surface area contributed by atoms with E-state index in [2.05, 4.69) is 5.92 Å². The molecule has 0 spiro atoms. The number of nitrogens with two attached hydrogens (primary N) is 1. The minimum Gasteiger partial charge on any atom is -0.392 e. The van der Waals surface area contributed by atoms with E-state index in [9.17, 15) is 9.90 Å². The maximum Gasteiger partial charge on any atom is 0.265 e. The zero-order chi connectivity index (χ0) is 17.4. The van der Waals surface area contributed by atoms with Crippen LogP contribution >= 0.6 is 0 Å². The van der Waals surface area contributed by atoms with E-state index in [1.54, 1.807) is 0 Å². The molecule has 1 aromatic heterocycles. The average Bonchev–Trinajstić information content (AvgIpc) is 2.85. The van der Waals surface area contributed by atoms with Gasteiger partial charge < -0.3 is 15.4 Å². The quantitative estimate of drug-likeness (QED) is 0.729. The molecule has 2 aromatic carbocycles. The van der Waals surface area contributed by atoms with E-state index in [4.69, 9.17) is 12.2 Å². The molecule has 4 heteroatoms. The molecule has 0 bridgehead atoms. The predicted octanol–water partition coefficient (Wildman–Crippen LogP) is 2.73. The largest absolute Gasteiger partial charge is 0.392 e. The number of carbonyl (C=O) groups excluding carboxylic acids is 1. The number of hydrogen-bond donors (Lipinski definition) is 2. The average molecular weight is 318 g/mol. The van der Waals surface area contributed by atoms with Crippen molar-refractivity contribution in [2.24, 2.45) is 12.8 Å². The first-order valence-corrected chi connectivity index (χ1v) is 7.57. The minimum atomic E-state index is -0.463. The van der Waals surface area contributed by atoms with Crippen molar-refractivity contribution >= 4 is 16.8 Å². The number of fused-ring (bicyclic) bond motifs is 1. The number of aryl methyl sites for hydroxylation is 2. The van der Waals surface area contributed by atoms with Crippen LogP contribution in [0.3, 0.4) is 0 Å². The van der Waals surface area contributed by atoms with Crippen LogP contribution < -0.4 is 5.73 Å². The van der Waals surface area contributed by atoms with E-state index >= 15 is 0 Å². The second kappa shape index (κ2) is 5.88. The highest BCUT2D eigenvalue weighted by atomic mass is 16.3. The van der Waals surface area contributed by atoms with Gasteiger partial charge in [0.1, 0.15) is 5.69 Å². The fourth-order valence-electron chi connectivity index (χ4n) is 3.22. The van der Waals surface area contributed by atoms with Crippen molar-refractivity contribution in [2.75, 3.05) is 0 Å². The summed E-state index contributed by atoms with van der Waals surface area (Å²) in [7, 11) is 1.83. The molecule has 0 saturated carbocycles. The number of hydrogen-bond acceptors (Lipinski definition) is 2. The molecule has 4 nitrogen and oxygen atoms in total. The van der Waals surface area contributed by atoms with Crippen molar-refractivity contribution in [3.05, 3.63) is 58.8 Å². The van der Waals surface area contributed by atoms with Gasteiger partial charge in [0, 0.05) is 23.6 Å². The van der Waals surface area contributed by atoms with Crippen LogP contribution in [-0.2, 0) is 13.7 Å². The number of nitrogens with zero attached hydrogens (tertiary/aromatic N) is 1. The Labute approximate surface area is 140 Å². The van der Waals surface area contributed by atoms with Gasteiger partial charge in [0.15, 0.2) is 0 Å². The summed E-state index contributed by atoms with van der Waals surface area (Å²) in [6, 6.07) is 11.5. The molecule has 0 unspecified atom stereocenters. The molecule has 0 aliphatic carbocycles. The van der Waals surface area contributed by atoms with E-state index in [0.29, 0.717) is 5.69 Å². The molecule has 0 aliphatic rings. The summed E-state index contributed by atoms with van der Waals surface area (Å²) in [6.45, 7) is 1.87. The van der Waals surface area contributed by atoms with Crippen molar-refractivity contribution in [2.45, 2.75) is 13.5 Å². The number of carbonyl (C=O) groups is 1. The number of rotatable bonds is 3. The number of aliphatic hydroxyl groups excluding tert-OH is 1. The van der Waals surface area contributed by atoms with Crippen LogP contribution in [-0.4, -0.2) is 15.6 Å². The molecule has 1 amide bonds. The Morgan fingerprint density at radius 1 is 1.29 bits per heavy atom. The van der Waals surface area contributed by atoms with Crippen LogP contribution in [0.2, 0.25) is 0 Å². The second-order valence-corrected chi connectivity index (χ2v) is 5.82. The van der Waals surface area contributed by atoms with Crippen molar-refractivity contribution in [3.8, 4) is 23.5 Å². The number of primary amides is 1. The van der Waals surface area contributed by atoms with E-state index < -0.39 is 5.91 Å². The Morgan fingerprint density at radius 2 is 1.96 bits per heavy atom. The number of amides is 1. The Hall–Kier alpha value is -3.03. The lowest BCUT2D eigenvalue weighted by molar-refractivity contribution is 0.0992. The fraction of sp³-hybridized carbons (Fsp3) is 0.150. The normalized spacial score (nSPS) is 10.8. The summed E-state index contributed by atoms with van der Waals surface area (Å²) in [6.07, 6.45) is 5.61. The second-order valence-electron chi connectivity index (χ2n) is 5.82. The van der Waals surface area contributed by atoms with Crippen LogP contribution in [0.1, 0.15) is 27.2 Å². The Kier molecular flexibility index (Phi) is 3.88. The fourth-order valence-corrected chi connectivity index (χ4v) is 3.22. The zero-order valence-electron chi connectivity index (χ0n) is 13.6. The molecular weight excluding hydrogens is 300 g/mol. The van der Waals surface area contributed by atoms with Gasteiger partial charge in [0.2, 0.25) is 0 Å². The first kappa shape index (κ1) is 15.9. The lowest BCUT2D eigenvalue weighted by Gasteiger charge is -2.09. The molecule has 1 heterocycles. The monoisotopic (exact) mass is 318 g/mol. The molecule has 120 valence electrons. The van der Waals surface area contributed by atoms with Gasteiger partial charge >= 0.3 is 0 Å². The van der Waals surface area contributed by atoms with Gasteiger partial charge in [-0.05, 0) is 35.7 Å². The van der Waals surface area contributed by atoms with E-state index in [0.717, 1.165) is 38.7 Å². The van der Waals surface area contributed by atoms with E-state index in [-0.39, 0.29) is 6.61 Å². The third-order valence-corrected chi connectivity index (χ3v) is 4.39. The molecule has 3 N–H and O–H groups in total. The van der Waals surface area contributed by atoms with Crippen LogP contribution in [0, 0.1) is 19.3 Å². The molecule has 24 heavy (non-hydrogen) atoms. The number of benzene rings is 2. The predicted molar refractivity (Wildman–Crippen MR) is 95.5 cm³/mol. The highest BCUT2D eigenvalue weighted by molar-refractivity contribution is 6.05. The van der Waals surface area contributed by atoms with Crippen LogP contribution in [0.5, 0.6) is 0 Å². The number of terminal acetylenes is 1. The summed E-state index contributed by atoms with van der Waals surface area (Å²) in [5, 5.41) is 10.1. The molecule has 0 saturated heterocycles. The van der Waals surface area contributed by atoms with Crippen molar-refractivity contribution in [1.29, 1.82) is 0 Å². The molecule has 0 aliphatic heterocycles. The van der Waals surface area contributed by atoms with Gasteiger partial charge in [-0.1, -0.05) is 30.2 Å². The zero-order valence-corrected chi connectivity index (χ0v) is 13.6. The summed E-state index contributed by atoms with van der Waals surface area (Å²) < 4.78 is 1.82. The van der Waals surface area contributed by atoms with Gasteiger partial charge in [-0.15, -0.1) is 6.42 Å². The SMILES string of the molecule is C#Cc1cc(-c2ccc(CO)cc2)c2c(c1)c(C)c(C(N)=O)n2C. The molecule has 3 aromatic rings. The Morgan fingerprint density at radius 3 is 2.50 bits per heavy atom. The van der Waals surface area contributed by atoms with Gasteiger partial charge in [0.25, 0.3) is 5.91 Å². The standard InChI is InChI=1S/C20H18N2O2/c1-4-13-9-16-12(2)18(20(21)24)22(3)19(16)17(10-13)15-7-5-14(11-23)6-8-15/h1,5-10,23H,11H2,2-3H3,(H2,21,24). The minimum absolute atomic E-state index is 0.00479. The Bertz CT molecular complexity index is 989. The van der Waals surface area contributed by atoms with Gasteiger partial charge in [-0.3, -0.25) is 4.79 Å². The molecule has 3 rings (SSSR count). The maximum atomic E-state index is 11.8. The maximum absolute atomic E-state index is 11.8. The summed E-state index contributed by atoms with van der Waals surface area (Å²) in [5.74, 6) is 2.21. The third-order valence-electron chi connectivity index (χ3n) is 4.39. The summed E-state index contributed by atoms with van der Waals surface area (Å²) in [5.41, 5.74) is 11.2. The first-order chi connectivity index (χ1) is 11.5. The van der Waals surface area contributed by atoms with Gasteiger partial charge in [-0.2, -0.15) is 0 Å².